The van der Waals surface area contributed by atoms with Gasteiger partial charge in [0, 0.05) is 0 Å². The fourth-order valence-electron chi connectivity index (χ4n) is 3.59. The lowest BCUT2D eigenvalue weighted by atomic mass is 10.3. The SMILES string of the molecule is CC(CC(=O)O)[P+](c1ccccc1)(c1ccccc1)c1ccccc1.[Cl-]. The molecule has 0 aliphatic rings. The molecule has 0 aromatic heterocycles. The minimum atomic E-state index is -2.08. The zero-order chi connectivity index (χ0) is 17.7. The summed E-state index contributed by atoms with van der Waals surface area (Å²) < 4.78 is 0. The Bertz CT molecular complexity index is 726. The van der Waals surface area contributed by atoms with Crippen molar-refractivity contribution in [3.63, 3.8) is 0 Å². The Labute approximate surface area is 161 Å². The van der Waals surface area contributed by atoms with Crippen molar-refractivity contribution in [2.24, 2.45) is 0 Å². The van der Waals surface area contributed by atoms with Gasteiger partial charge in [-0.25, -0.2) is 0 Å². The average molecular weight is 385 g/mol. The average Bonchev–Trinajstić information content (AvgIpc) is 2.64. The van der Waals surface area contributed by atoms with Gasteiger partial charge < -0.3 is 17.5 Å². The van der Waals surface area contributed by atoms with Gasteiger partial charge in [0.05, 0.1) is 12.1 Å². The molecule has 0 spiro atoms. The number of halogens is 1. The second-order valence-corrected chi connectivity index (χ2v) is 10.1. The Morgan fingerprint density at radius 1 is 0.769 bits per heavy atom. The Morgan fingerprint density at radius 2 is 1.08 bits per heavy atom. The Balaban J connectivity index is 0.00000243. The van der Waals surface area contributed by atoms with Gasteiger partial charge in [-0.05, 0) is 43.3 Å². The van der Waals surface area contributed by atoms with Crippen molar-refractivity contribution in [2.75, 3.05) is 0 Å². The van der Waals surface area contributed by atoms with E-state index in [2.05, 4.69) is 43.3 Å². The fourth-order valence-corrected chi connectivity index (χ4v) is 8.37. The van der Waals surface area contributed by atoms with Gasteiger partial charge in [0.25, 0.3) is 0 Å². The third-order valence-electron chi connectivity index (χ3n) is 4.62. The van der Waals surface area contributed by atoms with Crippen molar-refractivity contribution < 1.29 is 22.3 Å². The predicted molar refractivity (Wildman–Crippen MR) is 107 cm³/mol. The molecular formula is C22H22ClO2P. The predicted octanol–water partition coefficient (Wildman–Crippen LogP) is 0.848. The lowest BCUT2D eigenvalue weighted by Crippen LogP contribution is -3.00. The summed E-state index contributed by atoms with van der Waals surface area (Å²) in [6.45, 7) is 2.08. The van der Waals surface area contributed by atoms with Crippen LogP contribution in [0.5, 0.6) is 0 Å². The van der Waals surface area contributed by atoms with E-state index in [1.807, 2.05) is 54.6 Å². The van der Waals surface area contributed by atoms with Gasteiger partial charge in [-0.1, -0.05) is 54.6 Å². The topological polar surface area (TPSA) is 37.3 Å². The molecule has 0 saturated heterocycles. The van der Waals surface area contributed by atoms with Gasteiger partial charge in [0.1, 0.15) is 23.2 Å². The van der Waals surface area contributed by atoms with Crippen LogP contribution in [-0.2, 0) is 4.79 Å². The molecule has 1 atom stereocenters. The third-order valence-corrected chi connectivity index (χ3v) is 9.46. The molecule has 26 heavy (non-hydrogen) atoms. The number of rotatable bonds is 6. The summed E-state index contributed by atoms with van der Waals surface area (Å²) in [6, 6.07) is 31.2. The maximum atomic E-state index is 11.6. The summed E-state index contributed by atoms with van der Waals surface area (Å²) in [5.41, 5.74) is -0.00259. The molecule has 3 aromatic carbocycles. The van der Waals surface area contributed by atoms with Crippen molar-refractivity contribution in [2.45, 2.75) is 19.0 Å². The summed E-state index contributed by atoms with van der Waals surface area (Å²) in [5, 5.41) is 13.2. The highest BCUT2D eigenvalue weighted by Gasteiger charge is 2.50. The number of benzene rings is 3. The molecule has 0 fully saturated rings. The smallest absolute Gasteiger partial charge is 0.307 e. The highest BCUT2D eigenvalue weighted by Crippen LogP contribution is 2.60. The Morgan fingerprint density at radius 3 is 1.35 bits per heavy atom. The Kier molecular flexibility index (Phi) is 6.97. The van der Waals surface area contributed by atoms with Crippen LogP contribution in [0.4, 0.5) is 0 Å². The number of carbonyl (C=O) groups is 1. The second kappa shape index (κ2) is 8.98. The molecule has 0 saturated carbocycles. The molecule has 0 bridgehead atoms. The minimum Gasteiger partial charge on any atom is -1.00 e. The van der Waals surface area contributed by atoms with Gasteiger partial charge >= 0.3 is 5.97 Å². The molecule has 0 aliphatic carbocycles. The first kappa shape index (κ1) is 20.2. The van der Waals surface area contributed by atoms with Gasteiger partial charge in [-0.3, -0.25) is 4.79 Å². The molecule has 0 radical (unpaired) electrons. The number of hydrogen-bond acceptors (Lipinski definition) is 1. The molecule has 1 unspecified atom stereocenters. The van der Waals surface area contributed by atoms with Crippen molar-refractivity contribution in [3.8, 4) is 0 Å². The molecular weight excluding hydrogens is 363 g/mol. The first-order chi connectivity index (χ1) is 12.2. The zero-order valence-corrected chi connectivity index (χ0v) is 16.3. The molecule has 0 aliphatic heterocycles. The van der Waals surface area contributed by atoms with Crippen molar-refractivity contribution in [3.05, 3.63) is 91.0 Å². The lowest BCUT2D eigenvalue weighted by Gasteiger charge is -2.32. The van der Waals surface area contributed by atoms with Gasteiger partial charge in [-0.15, -0.1) is 0 Å². The molecule has 2 nitrogen and oxygen atoms in total. The normalized spacial score (nSPS) is 12.0. The summed E-state index contributed by atoms with van der Waals surface area (Å²) >= 11 is 0. The quantitative estimate of drug-likeness (QED) is 0.640. The van der Waals surface area contributed by atoms with Crippen LogP contribution < -0.4 is 28.3 Å². The van der Waals surface area contributed by atoms with E-state index in [-0.39, 0.29) is 24.5 Å². The fraction of sp³-hybridized carbons (Fsp3) is 0.136. The maximum absolute atomic E-state index is 11.6. The standard InChI is InChI=1S/C22H21O2P.ClH/c1-18(17-22(23)24)25(19-11-5-2-6-12-19,20-13-7-3-8-14-20)21-15-9-4-10-16-21;/h2-16,18H,17H2,1H3;1H. The van der Waals surface area contributed by atoms with Crippen molar-refractivity contribution in [1.29, 1.82) is 0 Å². The second-order valence-electron chi connectivity index (χ2n) is 6.18. The molecule has 0 amide bonds. The minimum absolute atomic E-state index is 0. The van der Waals surface area contributed by atoms with E-state index in [0.29, 0.717) is 0 Å². The van der Waals surface area contributed by atoms with Crippen LogP contribution >= 0.6 is 7.26 Å². The van der Waals surface area contributed by atoms with E-state index in [4.69, 9.17) is 0 Å². The number of carboxylic acids is 1. The van der Waals surface area contributed by atoms with Gasteiger partial charge in [0.2, 0.25) is 0 Å². The largest absolute Gasteiger partial charge is 1.00 e. The zero-order valence-electron chi connectivity index (χ0n) is 14.6. The van der Waals surface area contributed by atoms with E-state index in [9.17, 15) is 9.90 Å². The first-order valence-electron chi connectivity index (χ1n) is 8.43. The van der Waals surface area contributed by atoms with Crippen LogP contribution in [-0.4, -0.2) is 16.7 Å². The van der Waals surface area contributed by atoms with Crippen LogP contribution in [0, 0.1) is 0 Å². The van der Waals surface area contributed by atoms with Crippen LogP contribution in [0.25, 0.3) is 0 Å². The van der Waals surface area contributed by atoms with Crippen molar-refractivity contribution in [1.82, 2.24) is 0 Å². The van der Waals surface area contributed by atoms with Gasteiger partial charge in [-0.2, -0.15) is 0 Å². The van der Waals surface area contributed by atoms with Crippen molar-refractivity contribution >= 4 is 29.1 Å². The first-order valence-corrected chi connectivity index (χ1v) is 10.3. The third kappa shape index (κ3) is 3.82. The van der Waals surface area contributed by atoms with Crippen LogP contribution in [0.15, 0.2) is 91.0 Å². The van der Waals surface area contributed by atoms with E-state index in [1.165, 1.54) is 15.9 Å². The molecule has 1 N–H and O–H groups in total. The number of carboxylic acid groups (broad SMARTS) is 1. The molecule has 0 heterocycles. The monoisotopic (exact) mass is 384 g/mol. The van der Waals surface area contributed by atoms with Crippen LogP contribution in [0.1, 0.15) is 13.3 Å². The van der Waals surface area contributed by atoms with Gasteiger partial charge in [0.15, 0.2) is 0 Å². The molecule has 3 rings (SSSR count). The summed E-state index contributed by atoms with van der Waals surface area (Å²) in [7, 11) is -2.08. The Hall–Kier alpha value is -2.15. The highest BCUT2D eigenvalue weighted by molar-refractivity contribution is 7.96. The number of aliphatic carboxylic acids is 1. The maximum Gasteiger partial charge on any atom is 0.307 e. The lowest BCUT2D eigenvalue weighted by molar-refractivity contribution is -0.136. The summed E-state index contributed by atoms with van der Waals surface area (Å²) in [6.07, 6.45) is 0.145. The summed E-state index contributed by atoms with van der Waals surface area (Å²) in [5.74, 6) is -0.750. The van der Waals surface area contributed by atoms with E-state index >= 15 is 0 Å². The highest BCUT2D eigenvalue weighted by atomic mass is 35.5. The van der Waals surface area contributed by atoms with E-state index in [1.54, 1.807) is 0 Å². The van der Waals surface area contributed by atoms with Crippen LogP contribution in [0.3, 0.4) is 0 Å². The van der Waals surface area contributed by atoms with E-state index in [0.717, 1.165) is 0 Å². The number of hydrogen-bond donors (Lipinski definition) is 1. The van der Waals surface area contributed by atoms with Crippen LogP contribution in [0.2, 0.25) is 0 Å². The van der Waals surface area contributed by atoms with E-state index < -0.39 is 13.2 Å². The summed E-state index contributed by atoms with van der Waals surface area (Å²) in [4.78, 5) is 11.6. The molecule has 134 valence electrons. The molecule has 4 heteroatoms. The molecule has 3 aromatic rings.